The molecule has 0 radical (unpaired) electrons. The minimum atomic E-state index is -0.779. The van der Waals surface area contributed by atoms with E-state index < -0.39 is 6.10 Å². The molecule has 0 saturated heterocycles. The van der Waals surface area contributed by atoms with E-state index in [-0.39, 0.29) is 31.1 Å². The molecule has 0 aromatic carbocycles. The van der Waals surface area contributed by atoms with Crippen LogP contribution in [0.25, 0.3) is 0 Å². The molecule has 370 valence electrons. The summed E-state index contributed by atoms with van der Waals surface area (Å²) in [4.78, 5) is 37.8. The predicted octanol–water partition coefficient (Wildman–Crippen LogP) is 18.0. The van der Waals surface area contributed by atoms with Crippen LogP contribution in [0.4, 0.5) is 0 Å². The zero-order valence-corrected chi connectivity index (χ0v) is 42.3. The zero-order chi connectivity index (χ0) is 46.5. The quantitative estimate of drug-likeness (QED) is 0.0262. The van der Waals surface area contributed by atoms with Crippen LogP contribution in [0.1, 0.15) is 271 Å². The first-order valence-electron chi connectivity index (χ1n) is 27.3. The monoisotopic (exact) mass is 895 g/mol. The molecule has 1 atom stereocenters. The number of carbonyl (C=O) groups is 3. The van der Waals surface area contributed by atoms with Gasteiger partial charge in [0.1, 0.15) is 13.2 Å². The fourth-order valence-corrected chi connectivity index (χ4v) is 7.60. The van der Waals surface area contributed by atoms with Gasteiger partial charge in [-0.05, 0) is 89.9 Å². The Hall–Kier alpha value is -2.89. The highest BCUT2D eigenvalue weighted by Crippen LogP contribution is 2.15. The highest BCUT2D eigenvalue weighted by molar-refractivity contribution is 5.71. The molecule has 1 unspecified atom stereocenters. The maximum absolute atomic E-state index is 12.8. The van der Waals surface area contributed by atoms with Crippen LogP contribution in [0.15, 0.2) is 60.8 Å². The van der Waals surface area contributed by atoms with Gasteiger partial charge in [-0.2, -0.15) is 0 Å². The van der Waals surface area contributed by atoms with Crippen molar-refractivity contribution in [1.82, 2.24) is 0 Å². The molecule has 0 aromatic heterocycles. The third-order valence-electron chi connectivity index (χ3n) is 11.7. The molecule has 0 amide bonds. The first kappa shape index (κ1) is 61.1. The largest absolute Gasteiger partial charge is 0.462 e. The smallest absolute Gasteiger partial charge is 0.306 e. The molecule has 0 spiro atoms. The van der Waals surface area contributed by atoms with E-state index in [0.717, 1.165) is 89.9 Å². The second-order valence-electron chi connectivity index (χ2n) is 18.1. The van der Waals surface area contributed by atoms with Crippen molar-refractivity contribution in [3.05, 3.63) is 60.8 Å². The van der Waals surface area contributed by atoms with Gasteiger partial charge >= 0.3 is 17.9 Å². The highest BCUT2D eigenvalue weighted by Gasteiger charge is 2.19. The summed E-state index contributed by atoms with van der Waals surface area (Å²) in [6.45, 7) is 6.54. The summed E-state index contributed by atoms with van der Waals surface area (Å²) in [6.07, 6.45) is 65.2. The molecule has 6 heteroatoms. The Morgan fingerprint density at radius 3 is 0.906 bits per heavy atom. The van der Waals surface area contributed by atoms with E-state index in [9.17, 15) is 14.4 Å². The second-order valence-corrected chi connectivity index (χ2v) is 18.1. The zero-order valence-electron chi connectivity index (χ0n) is 42.3. The Morgan fingerprint density at radius 1 is 0.312 bits per heavy atom. The van der Waals surface area contributed by atoms with Gasteiger partial charge in [0.2, 0.25) is 0 Å². The van der Waals surface area contributed by atoms with Gasteiger partial charge in [0.25, 0.3) is 0 Å². The first-order valence-corrected chi connectivity index (χ1v) is 27.3. The van der Waals surface area contributed by atoms with Crippen LogP contribution >= 0.6 is 0 Å². The molecule has 0 saturated carbocycles. The Balaban J connectivity index is 4.21. The molecule has 0 aromatic rings. The van der Waals surface area contributed by atoms with Crippen molar-refractivity contribution in [1.29, 1.82) is 0 Å². The lowest BCUT2D eigenvalue weighted by molar-refractivity contribution is -0.167. The summed E-state index contributed by atoms with van der Waals surface area (Å²) in [5, 5.41) is 0. The topological polar surface area (TPSA) is 78.9 Å². The van der Waals surface area contributed by atoms with Gasteiger partial charge in [-0.3, -0.25) is 14.4 Å². The molecule has 0 fully saturated rings. The Morgan fingerprint density at radius 2 is 0.562 bits per heavy atom. The number of hydrogen-bond acceptors (Lipinski definition) is 6. The van der Waals surface area contributed by atoms with E-state index in [0.29, 0.717) is 19.3 Å². The fourth-order valence-electron chi connectivity index (χ4n) is 7.60. The van der Waals surface area contributed by atoms with Crippen molar-refractivity contribution >= 4 is 17.9 Å². The van der Waals surface area contributed by atoms with Gasteiger partial charge in [-0.1, -0.05) is 223 Å². The van der Waals surface area contributed by atoms with E-state index >= 15 is 0 Å². The van der Waals surface area contributed by atoms with E-state index in [2.05, 4.69) is 81.5 Å². The summed E-state index contributed by atoms with van der Waals surface area (Å²) in [6, 6.07) is 0. The molecule has 0 aliphatic carbocycles. The number of esters is 3. The minimum absolute atomic E-state index is 0.0807. The van der Waals surface area contributed by atoms with Crippen LogP contribution in [-0.2, 0) is 28.6 Å². The summed E-state index contributed by atoms with van der Waals surface area (Å²) in [5.41, 5.74) is 0. The number of hydrogen-bond donors (Lipinski definition) is 0. The number of rotatable bonds is 49. The molecule has 0 rings (SSSR count). The average molecular weight is 895 g/mol. The normalized spacial score (nSPS) is 12.5. The van der Waals surface area contributed by atoms with Gasteiger partial charge in [-0.15, -0.1) is 0 Å². The molecular formula is C58H102O6. The second kappa shape index (κ2) is 52.7. The SMILES string of the molecule is CCCCC/C=C\C/C=C\C/C=C\CCCCCCCCC(=O)OC(COC(=O)CCCCCCCC)COC(=O)CCCCCCCCCCC/C=C\C/C=C\CCCCCCC. The Kier molecular flexibility index (Phi) is 50.4. The van der Waals surface area contributed by atoms with Gasteiger partial charge < -0.3 is 14.2 Å². The molecule has 0 heterocycles. The van der Waals surface area contributed by atoms with E-state index in [1.807, 2.05) is 0 Å². The first-order chi connectivity index (χ1) is 31.5. The molecule has 0 aliphatic heterocycles. The lowest BCUT2D eigenvalue weighted by atomic mass is 10.1. The van der Waals surface area contributed by atoms with Crippen molar-refractivity contribution in [2.75, 3.05) is 13.2 Å². The summed E-state index contributed by atoms with van der Waals surface area (Å²) < 4.78 is 16.7. The van der Waals surface area contributed by atoms with Crippen LogP contribution in [0.5, 0.6) is 0 Å². The van der Waals surface area contributed by atoms with Crippen LogP contribution < -0.4 is 0 Å². The van der Waals surface area contributed by atoms with Crippen LogP contribution in [0.2, 0.25) is 0 Å². The van der Waals surface area contributed by atoms with Gasteiger partial charge in [-0.25, -0.2) is 0 Å². The van der Waals surface area contributed by atoms with Crippen molar-refractivity contribution in [2.24, 2.45) is 0 Å². The average Bonchev–Trinajstić information content (AvgIpc) is 3.29. The maximum atomic E-state index is 12.8. The molecule has 0 bridgehead atoms. The molecule has 0 N–H and O–H groups in total. The Labute approximate surface area is 396 Å². The third-order valence-corrected chi connectivity index (χ3v) is 11.7. The standard InChI is InChI=1S/C58H102O6/c1-4-7-10-13-16-18-20-22-24-26-28-29-31-32-34-36-38-40-42-45-48-51-57(60)63-54-55(53-62-56(59)50-47-44-15-12-9-6-3)64-58(61)52-49-46-43-41-39-37-35-33-30-27-25-23-21-19-17-14-11-8-5-2/h17,19-20,22-23,25-26,28,30,33,55H,4-16,18,21,24,27,29,31-32,34-54H2,1-3H3/b19-17-,22-20-,25-23-,28-26-,33-30-. The predicted molar refractivity (Wildman–Crippen MR) is 275 cm³/mol. The molecular weight excluding hydrogens is 793 g/mol. The molecule has 64 heavy (non-hydrogen) atoms. The summed E-state index contributed by atoms with van der Waals surface area (Å²) in [7, 11) is 0. The van der Waals surface area contributed by atoms with Crippen molar-refractivity contribution in [3.63, 3.8) is 0 Å². The van der Waals surface area contributed by atoms with E-state index in [4.69, 9.17) is 14.2 Å². The van der Waals surface area contributed by atoms with Gasteiger partial charge in [0, 0.05) is 19.3 Å². The third kappa shape index (κ3) is 50.1. The lowest BCUT2D eigenvalue weighted by Gasteiger charge is -2.18. The van der Waals surface area contributed by atoms with E-state index in [1.54, 1.807) is 0 Å². The van der Waals surface area contributed by atoms with Crippen molar-refractivity contribution in [2.45, 2.75) is 277 Å². The number of unbranched alkanes of at least 4 members (excludes halogenated alkanes) is 28. The van der Waals surface area contributed by atoms with E-state index in [1.165, 1.54) is 141 Å². The molecule has 6 nitrogen and oxygen atoms in total. The highest BCUT2D eigenvalue weighted by atomic mass is 16.6. The van der Waals surface area contributed by atoms with Crippen molar-refractivity contribution in [3.8, 4) is 0 Å². The fraction of sp³-hybridized carbons (Fsp3) is 0.776. The maximum Gasteiger partial charge on any atom is 0.306 e. The van der Waals surface area contributed by atoms with Crippen LogP contribution in [0, 0.1) is 0 Å². The summed E-state index contributed by atoms with van der Waals surface area (Å²) >= 11 is 0. The Bertz CT molecular complexity index is 1170. The van der Waals surface area contributed by atoms with Gasteiger partial charge in [0.05, 0.1) is 0 Å². The number of carbonyl (C=O) groups excluding carboxylic acids is 3. The van der Waals surface area contributed by atoms with Crippen molar-refractivity contribution < 1.29 is 28.6 Å². The van der Waals surface area contributed by atoms with Crippen LogP contribution in [-0.4, -0.2) is 37.2 Å². The minimum Gasteiger partial charge on any atom is -0.462 e. The van der Waals surface area contributed by atoms with Gasteiger partial charge in [0.15, 0.2) is 6.10 Å². The lowest BCUT2D eigenvalue weighted by Crippen LogP contribution is -2.30. The number of ether oxygens (including phenoxy) is 3. The summed E-state index contributed by atoms with van der Waals surface area (Å²) in [5.74, 6) is -0.901. The number of allylic oxidation sites excluding steroid dienone is 10. The van der Waals surface area contributed by atoms with Crippen LogP contribution in [0.3, 0.4) is 0 Å². The molecule has 0 aliphatic rings.